The summed E-state index contributed by atoms with van der Waals surface area (Å²) in [5.41, 5.74) is -0.359. The number of nitrogens with one attached hydrogen (secondary N) is 1. The Bertz CT molecular complexity index is 1530. The summed E-state index contributed by atoms with van der Waals surface area (Å²) in [6, 6.07) is 1.50. The Morgan fingerprint density at radius 2 is 1.85 bits per heavy atom. The maximum absolute atomic E-state index is 14.3. The molecule has 0 atom stereocenters. The van der Waals surface area contributed by atoms with Crippen LogP contribution >= 0.6 is 0 Å². The number of ketones is 1. The molecule has 1 spiro atoms. The van der Waals surface area contributed by atoms with Gasteiger partial charge < -0.3 is 20.2 Å². The van der Waals surface area contributed by atoms with Gasteiger partial charge in [-0.1, -0.05) is 20.8 Å². The molecule has 5 heterocycles. The maximum Gasteiger partial charge on any atom is 0.407 e. The van der Waals surface area contributed by atoms with Gasteiger partial charge in [0, 0.05) is 56.0 Å². The third kappa shape index (κ3) is 4.68. The van der Waals surface area contributed by atoms with E-state index in [-0.39, 0.29) is 47.2 Å². The molecule has 0 radical (unpaired) electrons. The number of aromatic nitrogens is 5. The predicted octanol–water partition coefficient (Wildman–Crippen LogP) is 3.90. The normalized spacial score (nSPS) is 19.1. The molecule has 3 fully saturated rings. The first kappa shape index (κ1) is 27.1. The molecule has 0 unspecified atom stereocenters. The molecule has 12 nitrogen and oxygen atoms in total. The Morgan fingerprint density at radius 3 is 2.44 bits per heavy atom. The zero-order valence-electron chi connectivity index (χ0n) is 23.1. The van der Waals surface area contributed by atoms with Gasteiger partial charge in [-0.05, 0) is 18.9 Å². The fourth-order valence-electron chi connectivity index (χ4n) is 6.32. The molecule has 0 bridgehead atoms. The summed E-state index contributed by atoms with van der Waals surface area (Å²) in [7, 11) is 0. The summed E-state index contributed by atoms with van der Waals surface area (Å²) >= 11 is 0. The van der Waals surface area contributed by atoms with Gasteiger partial charge in [0.2, 0.25) is 0 Å². The van der Waals surface area contributed by atoms with Gasteiger partial charge in [0.25, 0.3) is 12.3 Å². The van der Waals surface area contributed by atoms with E-state index >= 15 is 0 Å². The summed E-state index contributed by atoms with van der Waals surface area (Å²) in [6.45, 7) is 7.53. The summed E-state index contributed by atoms with van der Waals surface area (Å²) in [5, 5.41) is 20.5. The number of carbonyl (C=O) groups excluding carboxylic acids is 2. The molecule has 0 aromatic carbocycles. The molecule has 218 valence electrons. The number of halogens is 2. The summed E-state index contributed by atoms with van der Waals surface area (Å²) in [5.74, 6) is 0.290. The van der Waals surface area contributed by atoms with Crippen LogP contribution in [0.15, 0.2) is 18.5 Å². The van der Waals surface area contributed by atoms with Crippen molar-refractivity contribution in [1.29, 1.82) is 0 Å². The molecule has 14 heteroatoms. The van der Waals surface area contributed by atoms with Crippen LogP contribution in [0, 0.1) is 5.41 Å². The van der Waals surface area contributed by atoms with Crippen LogP contribution in [0.5, 0.6) is 0 Å². The van der Waals surface area contributed by atoms with Gasteiger partial charge in [-0.3, -0.25) is 14.3 Å². The number of carbonyl (C=O) groups is 3. The number of Topliss-reactive ketones (excluding diaryl/α,β-unsaturated/α-hetero) is 1. The van der Waals surface area contributed by atoms with E-state index in [4.69, 9.17) is 0 Å². The van der Waals surface area contributed by atoms with Crippen molar-refractivity contribution in [3.8, 4) is 0 Å². The number of hydrogen-bond acceptors (Lipinski definition) is 7. The van der Waals surface area contributed by atoms with Crippen LogP contribution in [-0.2, 0) is 10.2 Å². The Balaban J connectivity index is 1.30. The first-order valence-electron chi connectivity index (χ1n) is 13.7. The first-order chi connectivity index (χ1) is 19.3. The average Bonchev–Trinajstić information content (AvgIpc) is 3.47. The molecular weight excluding hydrogens is 538 g/mol. The highest BCUT2D eigenvalue weighted by molar-refractivity contribution is 6.08. The number of hydrogen-bond donors (Lipinski definition) is 2. The topological polar surface area (TPSA) is 138 Å². The van der Waals surface area contributed by atoms with Gasteiger partial charge in [-0.15, -0.1) is 0 Å². The van der Waals surface area contributed by atoms with Crippen LogP contribution in [-0.4, -0.2) is 78.3 Å². The number of fused-ring (bicyclic) bond motifs is 1. The third-order valence-electron chi connectivity index (χ3n) is 8.29. The molecular formula is C27H32F2N8O4. The summed E-state index contributed by atoms with van der Waals surface area (Å²) in [6.07, 6.45) is 1.09. The van der Waals surface area contributed by atoms with Crippen LogP contribution < -0.4 is 10.2 Å². The van der Waals surface area contributed by atoms with Crippen molar-refractivity contribution in [2.75, 3.05) is 36.4 Å². The van der Waals surface area contributed by atoms with Gasteiger partial charge in [0.1, 0.15) is 17.2 Å². The molecule has 2 saturated heterocycles. The van der Waals surface area contributed by atoms with E-state index in [0.29, 0.717) is 37.2 Å². The smallest absolute Gasteiger partial charge is 0.407 e. The van der Waals surface area contributed by atoms with Crippen LogP contribution in [0.2, 0.25) is 0 Å². The van der Waals surface area contributed by atoms with E-state index in [1.54, 1.807) is 16.9 Å². The highest BCUT2D eigenvalue weighted by atomic mass is 19.3. The highest BCUT2D eigenvalue weighted by Crippen LogP contribution is 2.47. The average molecular weight is 571 g/mol. The van der Waals surface area contributed by atoms with Gasteiger partial charge in [0.15, 0.2) is 11.3 Å². The molecule has 3 aromatic rings. The number of nitrogens with zero attached hydrogens (tertiary/aromatic N) is 7. The fourth-order valence-corrected chi connectivity index (χ4v) is 6.32. The largest absolute Gasteiger partial charge is 0.465 e. The van der Waals surface area contributed by atoms with Crippen molar-refractivity contribution in [3.05, 3.63) is 35.4 Å². The molecule has 2 aliphatic heterocycles. The standard InChI is InChI=1S/C27H32F2N8O4/c1-26(2,3)21-19(20(22(28)29)33-37(21)15-4-7-34(8-5-15)25(40)41)32-24(39)17-12-30-36-9-6-18(31-23(17)36)35-13-27(14-35)10-16(38)11-27/h6,9,12,15,22H,4-5,7-8,10-11,13-14H2,1-3H3,(H,32,39)(H,40,41). The van der Waals surface area contributed by atoms with Gasteiger partial charge in [-0.2, -0.15) is 10.2 Å². The van der Waals surface area contributed by atoms with Gasteiger partial charge >= 0.3 is 6.09 Å². The predicted molar refractivity (Wildman–Crippen MR) is 144 cm³/mol. The lowest BCUT2D eigenvalue weighted by atomic mass is 9.63. The van der Waals surface area contributed by atoms with E-state index in [9.17, 15) is 28.3 Å². The Morgan fingerprint density at radius 1 is 1.17 bits per heavy atom. The van der Waals surface area contributed by atoms with Crippen molar-refractivity contribution >= 4 is 34.9 Å². The lowest BCUT2D eigenvalue weighted by Crippen LogP contribution is -2.63. The molecule has 1 saturated carbocycles. The monoisotopic (exact) mass is 570 g/mol. The Labute approximate surface area is 234 Å². The number of rotatable bonds is 5. The zero-order valence-corrected chi connectivity index (χ0v) is 23.1. The molecule has 2 N–H and O–H groups in total. The number of carboxylic acid groups (broad SMARTS) is 1. The molecule has 6 rings (SSSR count). The second-order valence-electron chi connectivity index (χ2n) is 12.4. The summed E-state index contributed by atoms with van der Waals surface area (Å²) < 4.78 is 31.7. The van der Waals surface area contributed by atoms with E-state index in [1.165, 1.54) is 15.6 Å². The van der Waals surface area contributed by atoms with Crippen LogP contribution in [0.25, 0.3) is 5.65 Å². The first-order valence-corrected chi connectivity index (χ1v) is 13.7. The minimum Gasteiger partial charge on any atom is -0.465 e. The minimum absolute atomic E-state index is 0.0325. The number of piperidine rings is 1. The van der Waals surface area contributed by atoms with Crippen molar-refractivity contribution in [2.24, 2.45) is 5.41 Å². The second-order valence-corrected chi connectivity index (χ2v) is 12.4. The number of alkyl halides is 2. The molecule has 3 aromatic heterocycles. The number of anilines is 2. The Kier molecular flexibility index (Phi) is 6.27. The quantitative estimate of drug-likeness (QED) is 0.471. The van der Waals surface area contributed by atoms with Gasteiger partial charge in [-0.25, -0.2) is 23.1 Å². The lowest BCUT2D eigenvalue weighted by Gasteiger charge is -2.55. The fraction of sp³-hybridized carbons (Fsp3) is 0.556. The van der Waals surface area contributed by atoms with Crippen molar-refractivity contribution in [3.63, 3.8) is 0 Å². The molecule has 3 aliphatic rings. The van der Waals surface area contributed by atoms with E-state index in [2.05, 4.69) is 20.5 Å². The van der Waals surface area contributed by atoms with Crippen molar-refractivity contribution in [1.82, 2.24) is 29.3 Å². The third-order valence-corrected chi connectivity index (χ3v) is 8.29. The minimum atomic E-state index is -2.95. The SMILES string of the molecule is CC(C)(C)c1c(NC(=O)c2cnn3ccc(N4CC5(CC(=O)C5)C4)nc23)c(C(F)F)nn1C1CCN(C(=O)O)CC1. The molecule has 1 aliphatic carbocycles. The number of likely N-dealkylation sites (tertiary alicyclic amines) is 1. The summed E-state index contributed by atoms with van der Waals surface area (Å²) in [4.78, 5) is 44.4. The van der Waals surface area contributed by atoms with Crippen LogP contribution in [0.3, 0.4) is 0 Å². The van der Waals surface area contributed by atoms with Crippen LogP contribution in [0.1, 0.15) is 80.7 Å². The maximum atomic E-state index is 14.3. The van der Waals surface area contributed by atoms with Crippen molar-refractivity contribution < 1.29 is 28.3 Å². The van der Waals surface area contributed by atoms with Crippen LogP contribution in [0.4, 0.5) is 25.1 Å². The zero-order chi connectivity index (χ0) is 29.3. The van der Waals surface area contributed by atoms with E-state index < -0.39 is 29.5 Å². The second kappa shape index (κ2) is 9.48. The Hall–Kier alpha value is -4.10. The lowest BCUT2D eigenvalue weighted by molar-refractivity contribution is -0.134. The van der Waals surface area contributed by atoms with E-state index in [0.717, 1.165) is 13.1 Å². The highest BCUT2D eigenvalue weighted by Gasteiger charge is 2.52. The van der Waals surface area contributed by atoms with E-state index in [1.807, 2.05) is 25.7 Å². The number of amides is 2. The molecule has 41 heavy (non-hydrogen) atoms. The molecule has 2 amide bonds. The van der Waals surface area contributed by atoms with Gasteiger partial charge in [0.05, 0.1) is 23.6 Å². The van der Waals surface area contributed by atoms with Crippen molar-refractivity contribution in [2.45, 2.75) is 64.3 Å².